The van der Waals surface area contributed by atoms with Crippen LogP contribution in [0.25, 0.3) is 0 Å². The van der Waals surface area contributed by atoms with E-state index in [4.69, 9.17) is 9.84 Å². The van der Waals surface area contributed by atoms with Crippen molar-refractivity contribution in [1.29, 1.82) is 0 Å². The molecule has 8 heteroatoms. The van der Waals surface area contributed by atoms with Crippen molar-refractivity contribution in [3.05, 3.63) is 0 Å². The normalized spacial score (nSPS) is 20.6. The fourth-order valence-electron chi connectivity index (χ4n) is 2.09. The summed E-state index contributed by atoms with van der Waals surface area (Å²) >= 11 is 0. The highest BCUT2D eigenvalue weighted by Gasteiger charge is 2.34. The summed E-state index contributed by atoms with van der Waals surface area (Å²) in [6.07, 6.45) is 0.724. The zero-order chi connectivity index (χ0) is 14.6. The maximum absolute atomic E-state index is 12.3. The summed E-state index contributed by atoms with van der Waals surface area (Å²) < 4.78 is 32.2. The molecule has 7 nitrogen and oxygen atoms in total. The van der Waals surface area contributed by atoms with Gasteiger partial charge in [-0.3, -0.25) is 4.79 Å². The Kier molecular flexibility index (Phi) is 5.72. The first kappa shape index (κ1) is 16.4. The van der Waals surface area contributed by atoms with Crippen LogP contribution in [-0.2, 0) is 19.7 Å². The van der Waals surface area contributed by atoms with Crippen molar-refractivity contribution in [3.63, 3.8) is 0 Å². The number of hydrogen-bond acceptors (Lipinski definition) is 4. The van der Waals surface area contributed by atoms with E-state index in [0.717, 1.165) is 0 Å². The van der Waals surface area contributed by atoms with Gasteiger partial charge in [-0.2, -0.15) is 17.0 Å². The number of carboxylic acids is 1. The SMILES string of the molecule is COCC(C)N(C)S(=O)(=O)N1CCC(C(=O)O)CC1. The highest BCUT2D eigenvalue weighted by molar-refractivity contribution is 7.86. The van der Waals surface area contributed by atoms with Gasteiger partial charge in [0.25, 0.3) is 10.2 Å². The predicted octanol–water partition coefficient (Wildman–Crippen LogP) is -0.00550. The Morgan fingerprint density at radius 3 is 2.42 bits per heavy atom. The third kappa shape index (κ3) is 3.88. The van der Waals surface area contributed by atoms with Crippen LogP contribution in [0.4, 0.5) is 0 Å². The van der Waals surface area contributed by atoms with E-state index in [1.54, 1.807) is 6.92 Å². The third-order valence-corrected chi connectivity index (χ3v) is 5.63. The average molecular weight is 294 g/mol. The van der Waals surface area contributed by atoms with Crippen molar-refractivity contribution in [2.24, 2.45) is 5.92 Å². The number of aliphatic carboxylic acids is 1. The predicted molar refractivity (Wildman–Crippen MR) is 70.0 cm³/mol. The van der Waals surface area contributed by atoms with Crippen LogP contribution in [0.1, 0.15) is 19.8 Å². The quantitative estimate of drug-likeness (QED) is 0.745. The minimum atomic E-state index is -3.54. The molecule has 0 spiro atoms. The summed E-state index contributed by atoms with van der Waals surface area (Å²) in [6, 6.07) is -0.257. The van der Waals surface area contributed by atoms with Crippen molar-refractivity contribution in [2.75, 3.05) is 33.9 Å². The Bertz CT molecular complexity index is 403. The Morgan fingerprint density at radius 2 is 2.00 bits per heavy atom. The molecular formula is C11H22N2O5S. The van der Waals surface area contributed by atoms with Crippen LogP contribution in [0.15, 0.2) is 0 Å². The largest absolute Gasteiger partial charge is 0.481 e. The lowest BCUT2D eigenvalue weighted by Gasteiger charge is -2.34. The van der Waals surface area contributed by atoms with Crippen LogP contribution < -0.4 is 0 Å². The zero-order valence-corrected chi connectivity index (χ0v) is 12.4. The molecule has 0 bridgehead atoms. The summed E-state index contributed by atoms with van der Waals surface area (Å²) in [5.74, 6) is -1.29. The van der Waals surface area contributed by atoms with E-state index >= 15 is 0 Å². The van der Waals surface area contributed by atoms with Crippen LogP contribution in [0, 0.1) is 5.92 Å². The van der Waals surface area contributed by atoms with E-state index in [9.17, 15) is 13.2 Å². The summed E-state index contributed by atoms with van der Waals surface area (Å²) in [5.41, 5.74) is 0. The molecular weight excluding hydrogens is 272 g/mol. The Labute approximate surface area is 114 Å². The third-order valence-electron chi connectivity index (χ3n) is 3.52. The second-order valence-electron chi connectivity index (χ2n) is 4.84. The topological polar surface area (TPSA) is 87.2 Å². The number of rotatable bonds is 6. The van der Waals surface area contributed by atoms with Gasteiger partial charge in [-0.15, -0.1) is 0 Å². The van der Waals surface area contributed by atoms with E-state index in [1.165, 1.54) is 22.8 Å². The van der Waals surface area contributed by atoms with Crippen LogP contribution in [0.2, 0.25) is 0 Å². The number of methoxy groups -OCH3 is 1. The summed E-state index contributed by atoms with van der Waals surface area (Å²) in [6.45, 7) is 2.60. The van der Waals surface area contributed by atoms with Crippen LogP contribution in [0.3, 0.4) is 0 Å². The molecule has 0 radical (unpaired) electrons. The molecule has 112 valence electrons. The summed E-state index contributed by atoms with van der Waals surface area (Å²) in [5, 5.41) is 8.90. The van der Waals surface area contributed by atoms with E-state index in [1.807, 2.05) is 0 Å². The standard InChI is InChI=1S/C11H22N2O5S/c1-9(8-18-3)12(2)19(16,17)13-6-4-10(5-7-13)11(14)15/h9-10H,4-8H2,1-3H3,(H,14,15). The molecule has 1 heterocycles. The number of piperidine rings is 1. The van der Waals surface area contributed by atoms with E-state index in [-0.39, 0.29) is 19.1 Å². The van der Waals surface area contributed by atoms with Gasteiger partial charge in [0.1, 0.15) is 0 Å². The summed E-state index contributed by atoms with van der Waals surface area (Å²) in [4.78, 5) is 10.8. The zero-order valence-electron chi connectivity index (χ0n) is 11.6. The van der Waals surface area contributed by atoms with Crippen molar-refractivity contribution in [3.8, 4) is 0 Å². The van der Waals surface area contributed by atoms with Gasteiger partial charge >= 0.3 is 5.97 Å². The number of carboxylic acid groups (broad SMARTS) is 1. The lowest BCUT2D eigenvalue weighted by atomic mass is 9.99. The van der Waals surface area contributed by atoms with Gasteiger partial charge in [0.15, 0.2) is 0 Å². The maximum atomic E-state index is 12.3. The van der Waals surface area contributed by atoms with Gasteiger partial charge in [0, 0.05) is 33.3 Å². The van der Waals surface area contributed by atoms with Gasteiger partial charge in [0.05, 0.1) is 12.5 Å². The Hall–Kier alpha value is -0.700. The van der Waals surface area contributed by atoms with Gasteiger partial charge in [-0.05, 0) is 19.8 Å². The molecule has 1 aliphatic heterocycles. The number of likely N-dealkylation sites (N-methyl/N-ethyl adjacent to an activating group) is 1. The highest BCUT2D eigenvalue weighted by atomic mass is 32.2. The van der Waals surface area contributed by atoms with Gasteiger partial charge in [-0.1, -0.05) is 0 Å². The Morgan fingerprint density at radius 1 is 1.47 bits per heavy atom. The van der Waals surface area contributed by atoms with E-state index in [0.29, 0.717) is 19.4 Å². The highest BCUT2D eigenvalue weighted by Crippen LogP contribution is 2.21. The first-order valence-electron chi connectivity index (χ1n) is 6.25. The average Bonchev–Trinajstić information content (AvgIpc) is 2.38. The molecule has 1 aliphatic rings. The molecule has 0 aromatic carbocycles. The molecule has 1 fully saturated rings. The van der Waals surface area contributed by atoms with Crippen molar-refractivity contribution >= 4 is 16.2 Å². The van der Waals surface area contributed by atoms with Gasteiger partial charge in [0.2, 0.25) is 0 Å². The Balaban J connectivity index is 2.67. The first-order chi connectivity index (χ1) is 8.80. The minimum Gasteiger partial charge on any atom is -0.481 e. The fraction of sp³-hybridized carbons (Fsp3) is 0.909. The second-order valence-corrected chi connectivity index (χ2v) is 6.83. The molecule has 0 aromatic heterocycles. The lowest BCUT2D eigenvalue weighted by Crippen LogP contribution is -2.49. The molecule has 1 atom stereocenters. The molecule has 19 heavy (non-hydrogen) atoms. The summed E-state index contributed by atoms with van der Waals surface area (Å²) in [7, 11) is -0.500. The molecule has 1 N–H and O–H groups in total. The molecule has 0 amide bonds. The molecule has 1 saturated heterocycles. The van der Waals surface area contributed by atoms with Crippen LogP contribution >= 0.6 is 0 Å². The molecule has 0 aliphatic carbocycles. The van der Waals surface area contributed by atoms with Crippen molar-refractivity contribution in [1.82, 2.24) is 8.61 Å². The number of hydrogen-bond donors (Lipinski definition) is 1. The monoisotopic (exact) mass is 294 g/mol. The van der Waals surface area contributed by atoms with E-state index < -0.39 is 22.1 Å². The fourth-order valence-corrected chi connectivity index (χ4v) is 3.64. The van der Waals surface area contributed by atoms with Crippen LogP contribution in [0.5, 0.6) is 0 Å². The van der Waals surface area contributed by atoms with Crippen molar-refractivity contribution in [2.45, 2.75) is 25.8 Å². The molecule has 1 unspecified atom stereocenters. The van der Waals surface area contributed by atoms with Gasteiger partial charge < -0.3 is 9.84 Å². The minimum absolute atomic E-state index is 0.253. The van der Waals surface area contributed by atoms with E-state index in [2.05, 4.69) is 0 Å². The smallest absolute Gasteiger partial charge is 0.306 e. The molecule has 0 saturated carbocycles. The first-order valence-corrected chi connectivity index (χ1v) is 7.65. The van der Waals surface area contributed by atoms with Gasteiger partial charge in [-0.25, -0.2) is 0 Å². The number of carbonyl (C=O) groups is 1. The van der Waals surface area contributed by atoms with Crippen molar-refractivity contribution < 1.29 is 23.1 Å². The van der Waals surface area contributed by atoms with Crippen LogP contribution in [-0.4, -0.2) is 68.0 Å². The second kappa shape index (κ2) is 6.65. The number of ether oxygens (including phenoxy) is 1. The molecule has 1 rings (SSSR count). The maximum Gasteiger partial charge on any atom is 0.306 e. The lowest BCUT2D eigenvalue weighted by molar-refractivity contribution is -0.142. The number of nitrogens with zero attached hydrogens (tertiary/aromatic N) is 2. The molecule has 0 aromatic rings.